The van der Waals surface area contributed by atoms with Gasteiger partial charge in [0.25, 0.3) is 0 Å². The molecule has 134 valence electrons. The fourth-order valence-corrected chi connectivity index (χ4v) is 3.77. The van der Waals surface area contributed by atoms with E-state index in [0.29, 0.717) is 17.9 Å². The molecule has 1 aromatic rings. The van der Waals surface area contributed by atoms with E-state index in [1.165, 1.54) is 0 Å². The maximum absolute atomic E-state index is 12.9. The van der Waals surface area contributed by atoms with Crippen molar-refractivity contribution in [3.63, 3.8) is 0 Å². The molecule has 0 aromatic heterocycles. The molecule has 6 nitrogen and oxygen atoms in total. The Hall–Kier alpha value is -2.10. The summed E-state index contributed by atoms with van der Waals surface area (Å²) in [7, 11) is 3.27. The molecule has 0 radical (unpaired) electrons. The molecule has 0 spiro atoms. The van der Waals surface area contributed by atoms with Gasteiger partial charge in [-0.05, 0) is 37.0 Å². The molecule has 1 amide bonds. The molecule has 0 N–H and O–H groups in total. The minimum Gasteiger partial charge on any atom is -0.495 e. The van der Waals surface area contributed by atoms with Crippen LogP contribution in [-0.2, 0) is 16.1 Å². The van der Waals surface area contributed by atoms with Crippen LogP contribution in [0.3, 0.4) is 0 Å². The molecule has 0 aliphatic carbocycles. The lowest BCUT2D eigenvalue weighted by atomic mass is 10.1. The highest BCUT2D eigenvalue weighted by Crippen LogP contribution is 2.27. The van der Waals surface area contributed by atoms with Crippen molar-refractivity contribution in [2.45, 2.75) is 38.0 Å². The van der Waals surface area contributed by atoms with E-state index in [2.05, 4.69) is 11.0 Å². The summed E-state index contributed by atoms with van der Waals surface area (Å²) in [5.41, 5.74) is 1.55. The van der Waals surface area contributed by atoms with Gasteiger partial charge in [0.1, 0.15) is 11.8 Å². The lowest BCUT2D eigenvalue weighted by molar-refractivity contribution is -0.135. The van der Waals surface area contributed by atoms with Gasteiger partial charge < -0.3 is 14.4 Å². The van der Waals surface area contributed by atoms with Crippen molar-refractivity contribution >= 4 is 5.91 Å². The summed E-state index contributed by atoms with van der Waals surface area (Å²) in [6.45, 7) is 3.12. The molecule has 0 unspecified atom stereocenters. The van der Waals surface area contributed by atoms with Crippen LogP contribution < -0.4 is 4.74 Å². The Balaban J connectivity index is 1.76. The molecule has 0 saturated carbocycles. The van der Waals surface area contributed by atoms with E-state index in [1.807, 2.05) is 17.0 Å². The molecule has 2 aliphatic rings. The first kappa shape index (κ1) is 17.7. The highest BCUT2D eigenvalue weighted by atomic mass is 16.5. The number of likely N-dealkylation sites (tertiary alicyclic amines) is 2. The highest BCUT2D eigenvalue weighted by Gasteiger charge is 2.39. The zero-order valence-corrected chi connectivity index (χ0v) is 14.9. The van der Waals surface area contributed by atoms with Crippen LogP contribution in [0.15, 0.2) is 18.2 Å². The van der Waals surface area contributed by atoms with Crippen LogP contribution in [0.1, 0.15) is 30.4 Å². The minimum atomic E-state index is -0.135. The van der Waals surface area contributed by atoms with Gasteiger partial charge in [-0.15, -0.1) is 0 Å². The van der Waals surface area contributed by atoms with Gasteiger partial charge in [-0.1, -0.05) is 6.07 Å². The fraction of sp³-hybridized carbons (Fsp3) is 0.579. The number of benzene rings is 1. The molecule has 3 rings (SSSR count). The van der Waals surface area contributed by atoms with Crippen LogP contribution >= 0.6 is 0 Å². The quantitative estimate of drug-likeness (QED) is 0.815. The van der Waals surface area contributed by atoms with Crippen molar-refractivity contribution in [3.05, 3.63) is 29.3 Å². The van der Waals surface area contributed by atoms with Gasteiger partial charge in [-0.25, -0.2) is 0 Å². The summed E-state index contributed by atoms with van der Waals surface area (Å²) < 4.78 is 10.8. The van der Waals surface area contributed by atoms with Gasteiger partial charge >= 0.3 is 0 Å². The third-order valence-corrected chi connectivity index (χ3v) is 5.17. The molecular formula is C19H25N3O3. The molecule has 0 bridgehead atoms. The fourth-order valence-electron chi connectivity index (χ4n) is 3.77. The first-order valence-corrected chi connectivity index (χ1v) is 8.79. The lowest BCUT2D eigenvalue weighted by Crippen LogP contribution is -2.44. The van der Waals surface area contributed by atoms with Crippen molar-refractivity contribution < 1.29 is 14.3 Å². The smallest absolute Gasteiger partial charge is 0.240 e. The van der Waals surface area contributed by atoms with Gasteiger partial charge in [0.05, 0.1) is 24.8 Å². The molecule has 6 heteroatoms. The Morgan fingerprint density at radius 1 is 1.32 bits per heavy atom. The summed E-state index contributed by atoms with van der Waals surface area (Å²) in [5, 5.41) is 9.12. The van der Waals surface area contributed by atoms with Crippen LogP contribution in [0.4, 0.5) is 0 Å². The van der Waals surface area contributed by atoms with E-state index in [1.54, 1.807) is 20.3 Å². The van der Waals surface area contributed by atoms with Gasteiger partial charge in [0.2, 0.25) is 5.91 Å². The monoisotopic (exact) mass is 343 g/mol. The average Bonchev–Trinajstić information content (AvgIpc) is 3.31. The van der Waals surface area contributed by atoms with Crippen LogP contribution in [0.5, 0.6) is 5.75 Å². The number of amides is 1. The molecule has 2 aliphatic heterocycles. The van der Waals surface area contributed by atoms with E-state index in [-0.39, 0.29) is 18.1 Å². The predicted octanol–water partition coefficient (Wildman–Crippen LogP) is 1.78. The van der Waals surface area contributed by atoms with Crippen LogP contribution in [-0.4, -0.2) is 61.7 Å². The van der Waals surface area contributed by atoms with Gasteiger partial charge in [0, 0.05) is 33.3 Å². The largest absolute Gasteiger partial charge is 0.495 e. The normalized spacial score (nSPS) is 23.6. The number of hydrogen-bond donors (Lipinski definition) is 0. The second-order valence-corrected chi connectivity index (χ2v) is 6.72. The number of ether oxygens (including phenoxy) is 2. The third kappa shape index (κ3) is 3.78. The molecule has 2 heterocycles. The molecule has 1 aromatic carbocycles. The number of rotatable bonds is 5. The first-order valence-electron chi connectivity index (χ1n) is 8.79. The Labute approximate surface area is 148 Å². The SMILES string of the molecule is COc1cc(CN2C[C@@H](OC)C[C@H]2C(=O)N2CCCC2)ccc1C#N. The zero-order valence-electron chi connectivity index (χ0n) is 14.9. The summed E-state index contributed by atoms with van der Waals surface area (Å²) >= 11 is 0. The first-order chi connectivity index (χ1) is 12.2. The second kappa shape index (κ2) is 7.85. The number of carbonyl (C=O) groups is 1. The van der Waals surface area contributed by atoms with Crippen molar-refractivity contribution in [2.24, 2.45) is 0 Å². The summed E-state index contributed by atoms with van der Waals surface area (Å²) in [4.78, 5) is 17.1. The average molecular weight is 343 g/mol. The number of hydrogen-bond acceptors (Lipinski definition) is 5. The van der Waals surface area contributed by atoms with E-state index < -0.39 is 0 Å². The molecule has 2 atom stereocenters. The van der Waals surface area contributed by atoms with Crippen molar-refractivity contribution in [1.82, 2.24) is 9.80 Å². The third-order valence-electron chi connectivity index (χ3n) is 5.17. The summed E-state index contributed by atoms with van der Waals surface area (Å²) in [6, 6.07) is 7.58. The van der Waals surface area contributed by atoms with Gasteiger partial charge in [-0.3, -0.25) is 9.69 Å². The van der Waals surface area contributed by atoms with E-state index >= 15 is 0 Å². The van der Waals surface area contributed by atoms with E-state index in [0.717, 1.165) is 44.5 Å². The van der Waals surface area contributed by atoms with Gasteiger partial charge in [0.15, 0.2) is 0 Å². The Kier molecular flexibility index (Phi) is 5.57. The predicted molar refractivity (Wildman–Crippen MR) is 93.1 cm³/mol. The van der Waals surface area contributed by atoms with Crippen LogP contribution in [0, 0.1) is 11.3 Å². The highest BCUT2D eigenvalue weighted by molar-refractivity contribution is 5.82. The maximum atomic E-state index is 12.9. The molecule has 2 fully saturated rings. The molecule has 25 heavy (non-hydrogen) atoms. The Morgan fingerprint density at radius 3 is 2.72 bits per heavy atom. The van der Waals surface area contributed by atoms with Gasteiger partial charge in [-0.2, -0.15) is 5.26 Å². The van der Waals surface area contributed by atoms with Crippen LogP contribution in [0.25, 0.3) is 0 Å². The van der Waals surface area contributed by atoms with E-state index in [4.69, 9.17) is 14.7 Å². The number of nitriles is 1. The Bertz CT molecular complexity index is 664. The second-order valence-electron chi connectivity index (χ2n) is 6.72. The topological polar surface area (TPSA) is 65.8 Å². The molecule has 2 saturated heterocycles. The summed E-state index contributed by atoms with van der Waals surface area (Å²) in [6.07, 6.45) is 3.01. The molecular weight excluding hydrogens is 318 g/mol. The Morgan fingerprint density at radius 2 is 2.08 bits per heavy atom. The lowest BCUT2D eigenvalue weighted by Gasteiger charge is -2.27. The van der Waals surface area contributed by atoms with E-state index in [9.17, 15) is 4.79 Å². The summed E-state index contributed by atoms with van der Waals surface area (Å²) in [5.74, 6) is 0.794. The maximum Gasteiger partial charge on any atom is 0.240 e. The number of carbonyl (C=O) groups excluding carboxylic acids is 1. The number of methoxy groups -OCH3 is 2. The zero-order chi connectivity index (χ0) is 17.8. The van der Waals surface area contributed by atoms with Crippen LogP contribution in [0.2, 0.25) is 0 Å². The van der Waals surface area contributed by atoms with Crippen molar-refractivity contribution in [2.75, 3.05) is 33.9 Å². The van der Waals surface area contributed by atoms with Crippen molar-refractivity contribution in [3.8, 4) is 11.8 Å². The number of nitrogens with zero attached hydrogens (tertiary/aromatic N) is 3. The minimum absolute atomic E-state index is 0.0804. The standard InChI is InChI=1S/C19H25N3O3/c1-24-16-10-17(19(23)21-7-3-4-8-21)22(13-16)12-14-5-6-15(11-20)18(9-14)25-2/h5-6,9,16-17H,3-4,7-8,10,12-13H2,1-2H3/t16-,17-/m0/s1. The van der Waals surface area contributed by atoms with Crippen molar-refractivity contribution in [1.29, 1.82) is 5.26 Å².